The second kappa shape index (κ2) is 8.58. The minimum absolute atomic E-state index is 0.0379. The van der Waals surface area contributed by atoms with Crippen molar-refractivity contribution in [3.05, 3.63) is 29.8 Å². The van der Waals surface area contributed by atoms with E-state index in [0.29, 0.717) is 26.0 Å². The van der Waals surface area contributed by atoms with Gasteiger partial charge in [0.1, 0.15) is 5.75 Å². The van der Waals surface area contributed by atoms with Gasteiger partial charge < -0.3 is 9.64 Å². The highest BCUT2D eigenvalue weighted by molar-refractivity contribution is 7.90. The molecule has 1 N–H and O–H groups in total. The molecule has 1 aliphatic heterocycles. The quantitative estimate of drug-likeness (QED) is 0.716. The van der Waals surface area contributed by atoms with Crippen molar-refractivity contribution in [2.24, 2.45) is 0 Å². The van der Waals surface area contributed by atoms with Gasteiger partial charge in [-0.25, -0.2) is 13.1 Å². The van der Waals surface area contributed by atoms with E-state index in [2.05, 4.69) is 15.7 Å². The van der Waals surface area contributed by atoms with Gasteiger partial charge in [-0.05, 0) is 32.8 Å². The first-order valence-electron chi connectivity index (χ1n) is 9.61. The minimum atomic E-state index is -3.32. The van der Waals surface area contributed by atoms with Crippen molar-refractivity contribution >= 4 is 15.9 Å². The monoisotopic (exact) mass is 395 g/mol. The van der Waals surface area contributed by atoms with E-state index in [9.17, 15) is 13.2 Å². The second-order valence-corrected chi connectivity index (χ2v) is 9.32. The van der Waals surface area contributed by atoms with Gasteiger partial charge in [0.05, 0.1) is 18.4 Å². The average Bonchev–Trinajstić information content (AvgIpc) is 3.48. The maximum atomic E-state index is 12.5. The predicted molar refractivity (Wildman–Crippen MR) is 104 cm³/mol. The van der Waals surface area contributed by atoms with Gasteiger partial charge >= 0.3 is 0 Å². The molecule has 1 saturated carbocycles. The van der Waals surface area contributed by atoms with Gasteiger partial charge in [0, 0.05) is 37.8 Å². The summed E-state index contributed by atoms with van der Waals surface area (Å²) < 4.78 is 32.0. The van der Waals surface area contributed by atoms with Crippen molar-refractivity contribution in [3.63, 3.8) is 0 Å². The first-order valence-corrected chi connectivity index (χ1v) is 11.2. The second-order valence-electron chi connectivity index (χ2n) is 7.28. The Morgan fingerprint density at radius 1 is 1.26 bits per heavy atom. The summed E-state index contributed by atoms with van der Waals surface area (Å²) in [6.07, 6.45) is 1.39. The molecule has 8 heteroatoms. The van der Waals surface area contributed by atoms with Crippen molar-refractivity contribution in [3.8, 4) is 5.75 Å². The van der Waals surface area contributed by atoms with Crippen LogP contribution in [0.2, 0.25) is 0 Å². The maximum absolute atomic E-state index is 12.5. The van der Waals surface area contributed by atoms with Gasteiger partial charge in [0.15, 0.2) is 0 Å². The topological polar surface area (TPSA) is 79.0 Å². The molecule has 1 amide bonds. The van der Waals surface area contributed by atoms with Crippen molar-refractivity contribution < 1.29 is 17.9 Å². The zero-order valence-electron chi connectivity index (χ0n) is 16.1. The number of carbonyl (C=O) groups excluding carboxylic acids is 1. The number of piperazine rings is 1. The largest absolute Gasteiger partial charge is 0.494 e. The third-order valence-electron chi connectivity index (χ3n) is 5.09. The molecule has 2 fully saturated rings. The normalized spacial score (nSPS) is 21.3. The van der Waals surface area contributed by atoms with Crippen LogP contribution in [-0.2, 0) is 21.4 Å². The SMILES string of the molecule is CCOc1ccccc1CN1CCN(C(=O)CNS(=O)(=O)C2CC2)C(C)C1. The molecule has 0 radical (unpaired) electrons. The number of hydrogen-bond acceptors (Lipinski definition) is 5. The number of hydrogen-bond donors (Lipinski definition) is 1. The molecule has 1 aliphatic carbocycles. The van der Waals surface area contributed by atoms with E-state index in [-0.39, 0.29) is 23.7 Å². The summed E-state index contributed by atoms with van der Waals surface area (Å²) in [5.41, 5.74) is 1.14. The summed E-state index contributed by atoms with van der Waals surface area (Å²) in [5.74, 6) is 0.752. The average molecular weight is 396 g/mol. The first kappa shape index (κ1) is 20.1. The Morgan fingerprint density at radius 3 is 2.67 bits per heavy atom. The van der Waals surface area contributed by atoms with E-state index >= 15 is 0 Å². The fraction of sp³-hybridized carbons (Fsp3) is 0.632. The summed E-state index contributed by atoms with van der Waals surface area (Å²) >= 11 is 0. The molecule has 150 valence electrons. The van der Waals surface area contributed by atoms with Gasteiger partial charge in [0.2, 0.25) is 15.9 Å². The standard InChI is InChI=1S/C19H29N3O4S/c1-3-26-18-7-5-4-6-16(18)14-21-10-11-22(15(2)13-21)19(23)12-20-27(24,25)17-8-9-17/h4-7,15,17,20H,3,8-14H2,1-2H3. The van der Waals surface area contributed by atoms with Crippen molar-refractivity contribution in [1.82, 2.24) is 14.5 Å². The van der Waals surface area contributed by atoms with Crippen molar-refractivity contribution in [1.29, 1.82) is 0 Å². The molecule has 7 nitrogen and oxygen atoms in total. The summed E-state index contributed by atoms with van der Waals surface area (Å²) in [5, 5.41) is -0.301. The number of para-hydroxylation sites is 1. The molecule has 2 aliphatic rings. The Hall–Kier alpha value is -1.64. The van der Waals surface area contributed by atoms with Crippen LogP contribution in [0.3, 0.4) is 0 Å². The van der Waals surface area contributed by atoms with E-state index in [1.807, 2.05) is 32.0 Å². The number of amides is 1. The van der Waals surface area contributed by atoms with Crippen LogP contribution in [0.5, 0.6) is 5.75 Å². The smallest absolute Gasteiger partial charge is 0.237 e. The van der Waals surface area contributed by atoms with E-state index in [4.69, 9.17) is 4.74 Å². The lowest BCUT2D eigenvalue weighted by atomic mass is 10.1. The van der Waals surface area contributed by atoms with Crippen LogP contribution in [0.1, 0.15) is 32.3 Å². The number of rotatable bonds is 8. The van der Waals surface area contributed by atoms with Crippen LogP contribution in [0.4, 0.5) is 0 Å². The predicted octanol–water partition coefficient (Wildman–Crippen LogP) is 1.20. The number of ether oxygens (including phenoxy) is 1. The molecule has 0 bridgehead atoms. The molecule has 1 aromatic carbocycles. The molecule has 27 heavy (non-hydrogen) atoms. The van der Waals surface area contributed by atoms with Crippen molar-refractivity contribution in [2.75, 3.05) is 32.8 Å². The van der Waals surface area contributed by atoms with Crippen LogP contribution in [0, 0.1) is 0 Å². The first-order chi connectivity index (χ1) is 12.9. The number of nitrogens with zero attached hydrogens (tertiary/aromatic N) is 2. The maximum Gasteiger partial charge on any atom is 0.237 e. The fourth-order valence-electron chi connectivity index (χ4n) is 3.48. The number of sulfonamides is 1. The summed E-state index contributed by atoms with van der Waals surface area (Å²) in [7, 11) is -3.32. The lowest BCUT2D eigenvalue weighted by Crippen LogP contribution is -2.55. The zero-order chi connectivity index (χ0) is 19.4. The zero-order valence-corrected chi connectivity index (χ0v) is 16.9. The lowest BCUT2D eigenvalue weighted by Gasteiger charge is -2.40. The molecular formula is C19H29N3O4S. The Kier molecular flexibility index (Phi) is 6.39. The van der Waals surface area contributed by atoms with E-state index < -0.39 is 10.0 Å². The summed E-state index contributed by atoms with van der Waals surface area (Å²) in [6, 6.07) is 8.06. The van der Waals surface area contributed by atoms with E-state index in [0.717, 1.165) is 30.9 Å². The Labute approximate surface area is 161 Å². The van der Waals surface area contributed by atoms with Crippen LogP contribution in [-0.4, -0.2) is 68.2 Å². The highest BCUT2D eigenvalue weighted by atomic mass is 32.2. The number of carbonyl (C=O) groups is 1. The van der Waals surface area contributed by atoms with Gasteiger partial charge in [-0.3, -0.25) is 9.69 Å². The molecule has 3 rings (SSSR count). The minimum Gasteiger partial charge on any atom is -0.494 e. The van der Waals surface area contributed by atoms with Gasteiger partial charge in [-0.15, -0.1) is 0 Å². The highest BCUT2D eigenvalue weighted by Crippen LogP contribution is 2.27. The Morgan fingerprint density at radius 2 is 2.00 bits per heavy atom. The molecule has 0 spiro atoms. The van der Waals surface area contributed by atoms with Crippen LogP contribution >= 0.6 is 0 Å². The van der Waals surface area contributed by atoms with Crippen molar-refractivity contribution in [2.45, 2.75) is 44.5 Å². The fourth-order valence-corrected chi connectivity index (χ4v) is 4.80. The van der Waals surface area contributed by atoms with Crippen LogP contribution in [0.15, 0.2) is 24.3 Å². The molecule has 1 heterocycles. The Balaban J connectivity index is 1.52. The number of nitrogens with one attached hydrogen (secondary N) is 1. The van der Waals surface area contributed by atoms with Crippen LogP contribution < -0.4 is 9.46 Å². The van der Waals surface area contributed by atoms with E-state index in [1.54, 1.807) is 4.90 Å². The van der Waals surface area contributed by atoms with Gasteiger partial charge in [-0.2, -0.15) is 0 Å². The molecule has 1 saturated heterocycles. The van der Waals surface area contributed by atoms with Gasteiger partial charge in [-0.1, -0.05) is 18.2 Å². The number of benzene rings is 1. The molecule has 1 unspecified atom stereocenters. The molecular weight excluding hydrogens is 366 g/mol. The molecule has 1 aromatic rings. The van der Waals surface area contributed by atoms with Gasteiger partial charge in [0.25, 0.3) is 0 Å². The summed E-state index contributed by atoms with van der Waals surface area (Å²) in [4.78, 5) is 16.5. The van der Waals surface area contributed by atoms with Crippen LogP contribution in [0.25, 0.3) is 0 Å². The molecule has 0 aromatic heterocycles. The third kappa shape index (κ3) is 5.21. The molecule has 1 atom stereocenters. The summed E-state index contributed by atoms with van der Waals surface area (Å²) in [6.45, 7) is 7.35. The Bertz CT molecular complexity index is 764. The lowest BCUT2D eigenvalue weighted by molar-refractivity contribution is -0.134. The highest BCUT2D eigenvalue weighted by Gasteiger charge is 2.36. The third-order valence-corrected chi connectivity index (χ3v) is 6.98. The van der Waals surface area contributed by atoms with E-state index in [1.165, 1.54) is 0 Å².